The van der Waals surface area contributed by atoms with Crippen molar-refractivity contribution in [1.82, 2.24) is 19.8 Å². The Bertz CT molecular complexity index is 2330. The molecule has 2 aliphatic rings. The normalized spacial score (nSPS) is 13.9. The van der Waals surface area contributed by atoms with Crippen molar-refractivity contribution in [3.63, 3.8) is 0 Å². The number of carbonyl (C=O) groups is 2. The number of benzene rings is 4. The van der Waals surface area contributed by atoms with Gasteiger partial charge in [-0.3, -0.25) is 9.59 Å². The van der Waals surface area contributed by atoms with Gasteiger partial charge in [0.15, 0.2) is 0 Å². The Labute approximate surface area is 288 Å². The third-order valence-electron chi connectivity index (χ3n) is 8.82. The van der Waals surface area contributed by atoms with Gasteiger partial charge in [0.25, 0.3) is 11.8 Å². The smallest absolute Gasteiger partial charge is 0.268 e. The van der Waals surface area contributed by atoms with Crippen LogP contribution in [0.5, 0.6) is 0 Å². The molecule has 4 heterocycles. The SMILES string of the molecule is Cc1c2n(c3c(-c4cc(F)cc(F)c4)cc(Cl)cc13)CCNC2=O.Cc1c2n(c3c(-c4ccc(Cl)c(F)c4)cc(Cl)cc13)CCNC2=O. The number of fused-ring (bicyclic) bond motifs is 6. The maximum Gasteiger partial charge on any atom is 0.268 e. The van der Waals surface area contributed by atoms with Crippen LogP contribution in [0.15, 0.2) is 60.7 Å². The highest BCUT2D eigenvalue weighted by atomic mass is 35.5. The molecule has 0 atom stereocenters. The summed E-state index contributed by atoms with van der Waals surface area (Å²) in [7, 11) is 0. The second-order valence-electron chi connectivity index (χ2n) is 11.7. The number of nitrogens with zero attached hydrogens (tertiary/aromatic N) is 2. The highest BCUT2D eigenvalue weighted by Gasteiger charge is 2.27. The van der Waals surface area contributed by atoms with Gasteiger partial charge in [-0.05, 0) is 84.6 Å². The van der Waals surface area contributed by atoms with Gasteiger partial charge >= 0.3 is 0 Å². The minimum atomic E-state index is -0.655. The van der Waals surface area contributed by atoms with E-state index in [1.165, 1.54) is 24.3 Å². The van der Waals surface area contributed by atoms with Gasteiger partial charge in [-0.25, -0.2) is 13.2 Å². The standard InChI is InChI=1S/C18H13Cl2FN2O.C18H13ClF2N2O/c1-9-12-7-11(19)8-13(10-2-3-14(20)15(21)6-10)17(12)23-5-4-22-18(24)16(9)23;1-9-14-6-11(19)7-15(10-4-12(20)8-13(21)5-10)17(14)23-3-2-22-18(24)16(9)23/h2-3,6-8H,4-5H2,1H3,(H,22,24);4-8H,2-3H2,1H3,(H,22,24). The number of hydrogen-bond acceptors (Lipinski definition) is 2. The van der Waals surface area contributed by atoms with Gasteiger partial charge in [-0.2, -0.15) is 0 Å². The quantitative estimate of drug-likeness (QED) is 0.188. The van der Waals surface area contributed by atoms with Crippen LogP contribution in [0.3, 0.4) is 0 Å². The van der Waals surface area contributed by atoms with Crippen molar-refractivity contribution in [2.24, 2.45) is 0 Å². The molecule has 48 heavy (non-hydrogen) atoms. The van der Waals surface area contributed by atoms with Crippen LogP contribution < -0.4 is 10.6 Å². The molecule has 2 amide bonds. The number of halogens is 6. The van der Waals surface area contributed by atoms with Crippen LogP contribution in [-0.2, 0) is 13.1 Å². The molecule has 8 rings (SSSR count). The summed E-state index contributed by atoms with van der Waals surface area (Å²) >= 11 is 18.3. The summed E-state index contributed by atoms with van der Waals surface area (Å²) in [4.78, 5) is 24.5. The van der Waals surface area contributed by atoms with Gasteiger partial charge in [0, 0.05) is 64.2 Å². The number of aryl methyl sites for hydroxylation is 2. The Kier molecular flexibility index (Phi) is 8.18. The van der Waals surface area contributed by atoms with E-state index in [2.05, 4.69) is 10.6 Å². The molecule has 244 valence electrons. The van der Waals surface area contributed by atoms with E-state index in [9.17, 15) is 22.8 Å². The topological polar surface area (TPSA) is 68.1 Å². The van der Waals surface area contributed by atoms with Crippen molar-refractivity contribution < 1.29 is 22.8 Å². The van der Waals surface area contributed by atoms with Crippen molar-refractivity contribution in [3.05, 3.63) is 116 Å². The molecule has 0 aliphatic carbocycles. The van der Waals surface area contributed by atoms with E-state index >= 15 is 0 Å². The van der Waals surface area contributed by atoms with Gasteiger partial charge in [-0.1, -0.05) is 40.9 Å². The van der Waals surface area contributed by atoms with Gasteiger partial charge in [0.2, 0.25) is 0 Å². The lowest BCUT2D eigenvalue weighted by Crippen LogP contribution is -2.35. The zero-order chi connectivity index (χ0) is 34.0. The Morgan fingerprint density at radius 3 is 1.58 bits per heavy atom. The number of nitrogens with one attached hydrogen (secondary N) is 2. The number of carbonyl (C=O) groups excluding carboxylic acids is 2. The van der Waals surface area contributed by atoms with Crippen molar-refractivity contribution in [2.75, 3.05) is 13.1 Å². The van der Waals surface area contributed by atoms with E-state index in [1.807, 2.05) is 29.0 Å². The van der Waals surface area contributed by atoms with Gasteiger partial charge in [-0.15, -0.1) is 0 Å². The van der Waals surface area contributed by atoms with Crippen LogP contribution in [0.2, 0.25) is 15.1 Å². The minimum absolute atomic E-state index is 0.0739. The van der Waals surface area contributed by atoms with Crippen molar-refractivity contribution in [2.45, 2.75) is 26.9 Å². The summed E-state index contributed by atoms with van der Waals surface area (Å²) in [6, 6.07) is 15.2. The van der Waals surface area contributed by atoms with Crippen molar-refractivity contribution in [3.8, 4) is 22.3 Å². The highest BCUT2D eigenvalue weighted by Crippen LogP contribution is 2.39. The van der Waals surface area contributed by atoms with Crippen LogP contribution in [0.1, 0.15) is 32.1 Å². The van der Waals surface area contributed by atoms with E-state index in [0.29, 0.717) is 64.3 Å². The van der Waals surface area contributed by atoms with E-state index in [1.54, 1.807) is 24.3 Å². The molecular weight excluding hydrogens is 684 g/mol. The molecule has 6 nitrogen and oxygen atoms in total. The lowest BCUT2D eigenvalue weighted by Gasteiger charge is -2.18. The average Bonchev–Trinajstić information content (AvgIpc) is 3.49. The first-order chi connectivity index (χ1) is 22.9. The molecule has 2 aromatic heterocycles. The fourth-order valence-corrected chi connectivity index (χ4v) is 7.37. The Hall–Kier alpha value is -4.44. The molecule has 0 spiro atoms. The van der Waals surface area contributed by atoms with Gasteiger partial charge in [0.05, 0.1) is 16.1 Å². The average molecular weight is 710 g/mol. The zero-order valence-corrected chi connectivity index (χ0v) is 27.8. The minimum Gasteiger partial charge on any atom is -0.349 e. The summed E-state index contributed by atoms with van der Waals surface area (Å²) < 4.78 is 45.2. The predicted molar refractivity (Wildman–Crippen MR) is 184 cm³/mol. The molecule has 6 aromatic rings. The van der Waals surface area contributed by atoms with Crippen molar-refractivity contribution >= 4 is 68.4 Å². The first-order valence-corrected chi connectivity index (χ1v) is 16.2. The maximum absolute atomic E-state index is 13.9. The van der Waals surface area contributed by atoms with E-state index in [-0.39, 0.29) is 16.8 Å². The Morgan fingerprint density at radius 1 is 0.625 bits per heavy atom. The van der Waals surface area contributed by atoms with Crippen LogP contribution >= 0.6 is 34.8 Å². The first kappa shape index (κ1) is 32.1. The van der Waals surface area contributed by atoms with E-state index in [0.717, 1.165) is 44.6 Å². The lowest BCUT2D eigenvalue weighted by molar-refractivity contribution is 0.0920. The molecule has 0 unspecified atom stereocenters. The van der Waals surface area contributed by atoms with Crippen molar-refractivity contribution in [1.29, 1.82) is 0 Å². The number of hydrogen-bond donors (Lipinski definition) is 2. The fraction of sp³-hybridized carbons (Fsp3) is 0.167. The maximum atomic E-state index is 13.9. The molecule has 12 heteroatoms. The zero-order valence-electron chi connectivity index (χ0n) is 25.6. The molecule has 2 N–H and O–H groups in total. The van der Waals surface area contributed by atoms with Crippen LogP contribution in [0.4, 0.5) is 13.2 Å². The predicted octanol–water partition coefficient (Wildman–Crippen LogP) is 9.10. The monoisotopic (exact) mass is 708 g/mol. The molecule has 4 aromatic carbocycles. The molecule has 0 radical (unpaired) electrons. The molecule has 2 aliphatic heterocycles. The Balaban J connectivity index is 0.000000152. The summed E-state index contributed by atoms with van der Waals surface area (Å²) in [5.74, 6) is -2.04. The Morgan fingerprint density at radius 2 is 1.10 bits per heavy atom. The van der Waals surface area contributed by atoms with Gasteiger partial charge in [0.1, 0.15) is 28.8 Å². The molecule has 0 saturated heterocycles. The molecule has 0 bridgehead atoms. The van der Waals surface area contributed by atoms with Gasteiger partial charge < -0.3 is 19.8 Å². The van der Waals surface area contributed by atoms with Crippen LogP contribution in [0.25, 0.3) is 44.1 Å². The molecule has 0 saturated carbocycles. The van der Waals surface area contributed by atoms with E-state index < -0.39 is 17.5 Å². The second-order valence-corrected chi connectivity index (χ2v) is 13.0. The van der Waals surface area contributed by atoms with Crippen LogP contribution in [-0.4, -0.2) is 34.0 Å². The van der Waals surface area contributed by atoms with Crippen LogP contribution in [0, 0.1) is 31.3 Å². The largest absolute Gasteiger partial charge is 0.349 e. The second kappa shape index (κ2) is 12.2. The summed E-state index contributed by atoms with van der Waals surface area (Å²) in [5, 5.41) is 8.46. The third kappa shape index (κ3) is 5.40. The molecule has 0 fully saturated rings. The number of rotatable bonds is 2. The third-order valence-corrected chi connectivity index (χ3v) is 9.57. The van der Waals surface area contributed by atoms with E-state index in [4.69, 9.17) is 34.8 Å². The fourth-order valence-electron chi connectivity index (χ4n) is 6.81. The summed E-state index contributed by atoms with van der Waals surface area (Å²) in [6.45, 7) is 6.08. The highest BCUT2D eigenvalue weighted by molar-refractivity contribution is 6.33. The number of aromatic nitrogens is 2. The lowest BCUT2D eigenvalue weighted by atomic mass is 10.0. The molecular formula is C36H26Cl3F3N4O2. The summed E-state index contributed by atoms with van der Waals surface area (Å²) in [6.07, 6.45) is 0. The summed E-state index contributed by atoms with van der Waals surface area (Å²) in [5.41, 5.74) is 7.02. The number of amides is 2. The first-order valence-electron chi connectivity index (χ1n) is 15.1.